The van der Waals surface area contributed by atoms with Gasteiger partial charge in [-0.05, 0) is 30.2 Å². The van der Waals surface area contributed by atoms with Crippen molar-refractivity contribution in [2.24, 2.45) is 0 Å². The topological polar surface area (TPSA) is 79.6 Å². The van der Waals surface area contributed by atoms with Crippen LogP contribution >= 0.6 is 11.6 Å². The molecule has 2 aromatic carbocycles. The molecule has 160 valence electrons. The molecule has 1 aliphatic heterocycles. The molecule has 8 heteroatoms. The van der Waals surface area contributed by atoms with Crippen molar-refractivity contribution < 1.29 is 9.72 Å². The molecule has 0 radical (unpaired) electrons. The minimum atomic E-state index is -0.421. The Balaban J connectivity index is 1.58. The Hall–Kier alpha value is -3.19. The van der Waals surface area contributed by atoms with Crippen LogP contribution in [0, 0.1) is 10.1 Å². The van der Waals surface area contributed by atoms with Crippen LogP contribution in [0.4, 0.5) is 11.4 Å². The highest BCUT2D eigenvalue weighted by atomic mass is 35.5. The van der Waals surface area contributed by atoms with Gasteiger partial charge in [0, 0.05) is 48.3 Å². The van der Waals surface area contributed by atoms with E-state index < -0.39 is 4.92 Å². The number of hydrogen-bond donors (Lipinski definition) is 0. The number of pyridine rings is 1. The summed E-state index contributed by atoms with van der Waals surface area (Å²) in [4.78, 5) is 32.9. The van der Waals surface area contributed by atoms with Gasteiger partial charge >= 0.3 is 0 Å². The van der Waals surface area contributed by atoms with Crippen molar-refractivity contribution in [3.8, 4) is 0 Å². The number of rotatable bonds is 4. The summed E-state index contributed by atoms with van der Waals surface area (Å²) in [5, 5.41) is 12.6. The molecule has 0 spiro atoms. The van der Waals surface area contributed by atoms with Gasteiger partial charge in [-0.25, -0.2) is 0 Å². The normalized spacial score (nSPS) is 14.3. The number of para-hydroxylation sites is 1. The van der Waals surface area contributed by atoms with Crippen LogP contribution in [0.2, 0.25) is 5.02 Å². The second-order valence-electron chi connectivity index (χ2n) is 7.94. The number of halogens is 1. The zero-order valence-electron chi connectivity index (χ0n) is 17.4. The summed E-state index contributed by atoms with van der Waals surface area (Å²) in [6, 6.07) is 14.3. The van der Waals surface area contributed by atoms with E-state index in [1.54, 1.807) is 12.1 Å². The molecule has 4 rings (SSSR count). The van der Waals surface area contributed by atoms with E-state index in [9.17, 15) is 14.9 Å². The number of fused-ring (bicyclic) bond motifs is 1. The molecule has 0 unspecified atom stereocenters. The third-order valence-corrected chi connectivity index (χ3v) is 5.83. The summed E-state index contributed by atoms with van der Waals surface area (Å²) in [5.41, 5.74) is 2.86. The van der Waals surface area contributed by atoms with Gasteiger partial charge < -0.3 is 9.80 Å². The van der Waals surface area contributed by atoms with E-state index in [-0.39, 0.29) is 17.5 Å². The van der Waals surface area contributed by atoms with Crippen molar-refractivity contribution in [3.63, 3.8) is 0 Å². The Morgan fingerprint density at radius 3 is 2.48 bits per heavy atom. The van der Waals surface area contributed by atoms with E-state index in [4.69, 9.17) is 16.6 Å². The Morgan fingerprint density at radius 2 is 1.81 bits per heavy atom. The molecular weight excluding hydrogens is 416 g/mol. The highest BCUT2D eigenvalue weighted by Gasteiger charge is 2.27. The highest BCUT2D eigenvalue weighted by molar-refractivity contribution is 6.30. The number of carbonyl (C=O) groups excluding carboxylic acids is 1. The van der Waals surface area contributed by atoms with Crippen LogP contribution in [0.3, 0.4) is 0 Å². The van der Waals surface area contributed by atoms with E-state index in [1.807, 2.05) is 40.1 Å². The number of piperazine rings is 1. The van der Waals surface area contributed by atoms with Gasteiger partial charge in [-0.2, -0.15) is 0 Å². The number of nitrogens with zero attached hydrogens (tertiary/aromatic N) is 4. The van der Waals surface area contributed by atoms with Crippen LogP contribution in [0.15, 0.2) is 48.5 Å². The molecule has 31 heavy (non-hydrogen) atoms. The first-order valence-electron chi connectivity index (χ1n) is 10.2. The zero-order valence-corrected chi connectivity index (χ0v) is 18.2. The van der Waals surface area contributed by atoms with E-state index in [1.165, 1.54) is 6.07 Å². The van der Waals surface area contributed by atoms with Crippen LogP contribution in [0.5, 0.6) is 0 Å². The van der Waals surface area contributed by atoms with Gasteiger partial charge in [0.1, 0.15) is 5.69 Å². The zero-order chi connectivity index (χ0) is 22.1. The lowest BCUT2D eigenvalue weighted by atomic mass is 10.0. The SMILES string of the molecule is CC(C)c1cc(C(=O)N2CCN(c3ccc(Cl)cc3[N+](=O)[O-])CC2)c2ccccc2n1. The fraction of sp³-hybridized carbons (Fsp3) is 0.304. The molecule has 0 aliphatic carbocycles. The lowest BCUT2D eigenvalue weighted by molar-refractivity contribution is -0.384. The number of amides is 1. The van der Waals surface area contributed by atoms with Crippen molar-refractivity contribution in [2.75, 3.05) is 31.1 Å². The van der Waals surface area contributed by atoms with Gasteiger partial charge in [0.05, 0.1) is 16.0 Å². The third kappa shape index (κ3) is 4.18. The fourth-order valence-electron chi connectivity index (χ4n) is 3.90. The average molecular weight is 439 g/mol. The minimum absolute atomic E-state index is 0.0195. The second kappa shape index (κ2) is 8.51. The van der Waals surface area contributed by atoms with Crippen molar-refractivity contribution >= 4 is 39.8 Å². The number of benzene rings is 2. The first-order chi connectivity index (χ1) is 14.8. The molecule has 7 nitrogen and oxygen atoms in total. The van der Waals surface area contributed by atoms with Crippen molar-refractivity contribution in [1.82, 2.24) is 9.88 Å². The summed E-state index contributed by atoms with van der Waals surface area (Å²) in [5.74, 6) is 0.171. The van der Waals surface area contributed by atoms with Crippen LogP contribution in [0.1, 0.15) is 35.8 Å². The van der Waals surface area contributed by atoms with Gasteiger partial charge in [0.15, 0.2) is 0 Å². The number of anilines is 1. The number of nitro groups is 1. The van der Waals surface area contributed by atoms with E-state index >= 15 is 0 Å². The van der Waals surface area contributed by atoms with Crippen LogP contribution in [-0.4, -0.2) is 46.9 Å². The predicted molar refractivity (Wildman–Crippen MR) is 122 cm³/mol. The molecule has 1 saturated heterocycles. The summed E-state index contributed by atoms with van der Waals surface area (Å²) in [7, 11) is 0. The Bertz CT molecular complexity index is 1160. The molecule has 1 fully saturated rings. The Morgan fingerprint density at radius 1 is 1.10 bits per heavy atom. The first kappa shape index (κ1) is 21.1. The van der Waals surface area contributed by atoms with Crippen LogP contribution in [0.25, 0.3) is 10.9 Å². The quantitative estimate of drug-likeness (QED) is 0.428. The van der Waals surface area contributed by atoms with Gasteiger partial charge in [0.25, 0.3) is 11.6 Å². The third-order valence-electron chi connectivity index (χ3n) is 5.60. The van der Waals surface area contributed by atoms with E-state index in [2.05, 4.69) is 13.8 Å². The molecule has 0 saturated carbocycles. The predicted octanol–water partition coefficient (Wildman–Crippen LogP) is 4.88. The Kier molecular flexibility index (Phi) is 5.78. The molecule has 1 aliphatic rings. The van der Waals surface area contributed by atoms with Crippen molar-refractivity contribution in [1.29, 1.82) is 0 Å². The number of hydrogen-bond acceptors (Lipinski definition) is 5. The summed E-state index contributed by atoms with van der Waals surface area (Å²) < 4.78 is 0. The average Bonchev–Trinajstić information content (AvgIpc) is 2.77. The molecular formula is C23H23ClN4O3. The standard InChI is InChI=1S/C23H23ClN4O3/c1-15(2)20-14-18(17-5-3-4-6-19(17)25-20)23(29)27-11-9-26(10-12-27)21-8-7-16(24)13-22(21)28(30)31/h3-8,13-15H,9-12H2,1-2H3. The lowest BCUT2D eigenvalue weighted by Gasteiger charge is -2.36. The fourth-order valence-corrected chi connectivity index (χ4v) is 4.07. The molecule has 1 aromatic heterocycles. The maximum Gasteiger partial charge on any atom is 0.294 e. The van der Waals surface area contributed by atoms with Crippen molar-refractivity contribution in [3.05, 3.63) is 74.9 Å². The van der Waals surface area contributed by atoms with Gasteiger partial charge in [0.2, 0.25) is 0 Å². The van der Waals surface area contributed by atoms with Gasteiger partial charge in [-0.3, -0.25) is 19.9 Å². The smallest absolute Gasteiger partial charge is 0.294 e. The van der Waals surface area contributed by atoms with E-state index in [0.29, 0.717) is 42.5 Å². The molecule has 1 amide bonds. The van der Waals surface area contributed by atoms with Crippen LogP contribution < -0.4 is 4.90 Å². The summed E-state index contributed by atoms with van der Waals surface area (Å²) in [6.45, 7) is 6.09. The summed E-state index contributed by atoms with van der Waals surface area (Å²) >= 11 is 5.93. The molecule has 0 N–H and O–H groups in total. The largest absolute Gasteiger partial charge is 0.362 e. The number of aromatic nitrogens is 1. The Labute approximate surface area is 185 Å². The number of nitro benzene ring substituents is 1. The highest BCUT2D eigenvalue weighted by Crippen LogP contribution is 2.32. The first-order valence-corrected chi connectivity index (χ1v) is 10.6. The van der Waals surface area contributed by atoms with E-state index in [0.717, 1.165) is 16.6 Å². The maximum absolute atomic E-state index is 13.4. The lowest BCUT2D eigenvalue weighted by Crippen LogP contribution is -2.49. The molecule has 0 atom stereocenters. The van der Waals surface area contributed by atoms with Gasteiger partial charge in [-0.15, -0.1) is 0 Å². The molecule has 2 heterocycles. The number of carbonyl (C=O) groups is 1. The monoisotopic (exact) mass is 438 g/mol. The maximum atomic E-state index is 13.4. The second-order valence-corrected chi connectivity index (χ2v) is 8.37. The molecule has 3 aromatic rings. The van der Waals surface area contributed by atoms with Gasteiger partial charge in [-0.1, -0.05) is 43.6 Å². The molecule has 0 bridgehead atoms. The minimum Gasteiger partial charge on any atom is -0.362 e. The van der Waals surface area contributed by atoms with Crippen molar-refractivity contribution in [2.45, 2.75) is 19.8 Å². The van der Waals surface area contributed by atoms with Crippen LogP contribution in [-0.2, 0) is 0 Å². The summed E-state index contributed by atoms with van der Waals surface area (Å²) in [6.07, 6.45) is 0.